The number of hydrogen-bond donors (Lipinski definition) is 8. The molecule has 0 radical (unpaired) electrons. The van der Waals surface area contributed by atoms with E-state index in [0.717, 1.165) is 17.2 Å². The molecule has 3 aliphatic rings. The van der Waals surface area contributed by atoms with Crippen LogP contribution in [-0.4, -0.2) is 121 Å². The molecule has 2 saturated heterocycles. The van der Waals surface area contributed by atoms with Crippen molar-refractivity contribution in [3.8, 4) is 0 Å². The number of aliphatic hydroxyl groups is 4. The average molecular weight is 726 g/mol. The molecule has 5 heterocycles. The summed E-state index contributed by atoms with van der Waals surface area (Å²) in [7, 11) is -11.3. The number of amides is 1. The molecular weight excluding hydrogens is 698 g/mol. The van der Waals surface area contributed by atoms with E-state index < -0.39 is 88.6 Å². The molecular formula is C21H28N8O17P2. The van der Waals surface area contributed by atoms with E-state index in [9.17, 15) is 54.3 Å². The molecule has 1 amide bonds. The van der Waals surface area contributed by atoms with Gasteiger partial charge in [0.15, 0.2) is 23.9 Å². The summed E-state index contributed by atoms with van der Waals surface area (Å²) in [6.45, 7) is -2.58. The number of nitrogens with zero attached hydrogens (tertiary/aromatic N) is 6. The van der Waals surface area contributed by atoms with Gasteiger partial charge in [0.1, 0.15) is 49.0 Å². The van der Waals surface area contributed by atoms with Gasteiger partial charge in [0.2, 0.25) is 5.91 Å². The SMILES string of the molecule is NC(=O)C1=CN([C@@H]2O[C@H](COP(=O)(O)OP(=O)(O)OC[C@]3(O[N+](=O)[O-])O[C@@H](n4cnc5c(N)ncnc54)[C@H](O)[C@@H]3O)[C@@H](O)[C@H]2O)C=CC1. The highest BCUT2D eigenvalue weighted by atomic mass is 31.3. The highest BCUT2D eigenvalue weighted by Crippen LogP contribution is 2.61. The lowest BCUT2D eigenvalue weighted by Gasteiger charge is -2.29. The van der Waals surface area contributed by atoms with E-state index in [4.69, 9.17) is 20.9 Å². The minimum atomic E-state index is -5.75. The van der Waals surface area contributed by atoms with Crippen molar-refractivity contribution in [3.05, 3.63) is 46.8 Å². The number of carbonyl (C=O) groups excluding carboxylic acids is 1. The van der Waals surface area contributed by atoms with Crippen molar-refractivity contribution in [2.45, 2.75) is 55.2 Å². The number of fused-ring (bicyclic) bond motifs is 1. The van der Waals surface area contributed by atoms with Crippen molar-refractivity contribution >= 4 is 38.5 Å². The Labute approximate surface area is 266 Å². The fourth-order valence-electron chi connectivity index (χ4n) is 4.91. The summed E-state index contributed by atoms with van der Waals surface area (Å²) < 4.78 is 50.4. The van der Waals surface area contributed by atoms with Crippen LogP contribution in [0.4, 0.5) is 5.82 Å². The largest absolute Gasteiger partial charge is 0.481 e. The van der Waals surface area contributed by atoms with Crippen molar-refractivity contribution in [1.82, 2.24) is 24.4 Å². The molecule has 0 saturated carbocycles. The number of carbonyl (C=O) groups is 1. The second kappa shape index (κ2) is 13.3. The Balaban J connectivity index is 1.23. The second-order valence-corrected chi connectivity index (χ2v) is 13.4. The number of nitrogens with two attached hydrogens (primary N) is 2. The van der Waals surface area contributed by atoms with E-state index in [0.29, 0.717) is 0 Å². The molecule has 2 aromatic rings. The Morgan fingerprint density at radius 3 is 2.50 bits per heavy atom. The quantitative estimate of drug-likeness (QED) is 0.0574. The van der Waals surface area contributed by atoms with Crippen LogP contribution in [0, 0.1) is 10.1 Å². The van der Waals surface area contributed by atoms with Crippen LogP contribution in [0.2, 0.25) is 0 Å². The first-order valence-corrected chi connectivity index (χ1v) is 16.4. The van der Waals surface area contributed by atoms with Crippen LogP contribution in [0.3, 0.4) is 0 Å². The molecule has 3 aliphatic heterocycles. The maximum atomic E-state index is 12.6. The number of aromatic nitrogens is 4. The van der Waals surface area contributed by atoms with Crippen molar-refractivity contribution in [3.63, 3.8) is 0 Å². The number of hydrogen-bond acceptors (Lipinski definition) is 20. The van der Waals surface area contributed by atoms with Gasteiger partial charge in [0, 0.05) is 18.0 Å². The minimum Gasteiger partial charge on any atom is -0.387 e. The molecule has 0 spiro atoms. The van der Waals surface area contributed by atoms with E-state index in [1.165, 1.54) is 23.4 Å². The molecule has 5 rings (SSSR count). The minimum absolute atomic E-state index is 0.0247. The Kier molecular flexibility index (Phi) is 9.89. The summed E-state index contributed by atoms with van der Waals surface area (Å²) in [5, 5.41) is 52.0. The zero-order valence-corrected chi connectivity index (χ0v) is 25.7. The maximum absolute atomic E-state index is 12.6. The van der Waals surface area contributed by atoms with Gasteiger partial charge in [0.25, 0.3) is 10.9 Å². The number of imidazole rings is 1. The average Bonchev–Trinajstić information content (AvgIpc) is 3.64. The van der Waals surface area contributed by atoms with Crippen molar-refractivity contribution < 1.29 is 76.9 Å². The van der Waals surface area contributed by atoms with Crippen molar-refractivity contribution in [1.29, 1.82) is 0 Å². The van der Waals surface area contributed by atoms with Crippen molar-refractivity contribution in [2.75, 3.05) is 18.9 Å². The Hall–Kier alpha value is -3.68. The molecule has 10 atom stereocenters. The molecule has 264 valence electrons. The Bertz CT molecular complexity index is 1730. The van der Waals surface area contributed by atoms with Gasteiger partial charge in [-0.1, -0.05) is 6.08 Å². The van der Waals surface area contributed by atoms with Crippen LogP contribution in [0.5, 0.6) is 0 Å². The van der Waals surface area contributed by atoms with E-state index in [2.05, 4.69) is 33.1 Å². The zero-order chi connectivity index (χ0) is 35.2. The van der Waals surface area contributed by atoms with E-state index in [1.54, 1.807) is 0 Å². The van der Waals surface area contributed by atoms with Gasteiger partial charge in [-0.3, -0.25) is 23.2 Å². The third-order valence-electron chi connectivity index (χ3n) is 7.18. The lowest BCUT2D eigenvalue weighted by molar-refractivity contribution is -0.799. The third kappa shape index (κ3) is 7.18. The van der Waals surface area contributed by atoms with Crippen molar-refractivity contribution in [2.24, 2.45) is 5.73 Å². The number of allylic oxidation sites excluding steroid dienone is 1. The van der Waals surface area contributed by atoms with Gasteiger partial charge in [-0.2, -0.15) is 4.31 Å². The first-order chi connectivity index (χ1) is 22.4. The fourth-order valence-corrected chi connectivity index (χ4v) is 7.01. The molecule has 0 aliphatic carbocycles. The second-order valence-electron chi connectivity index (χ2n) is 10.3. The molecule has 2 unspecified atom stereocenters. The molecule has 2 fully saturated rings. The summed E-state index contributed by atoms with van der Waals surface area (Å²) in [4.78, 5) is 60.2. The summed E-state index contributed by atoms with van der Waals surface area (Å²) in [6, 6.07) is 0. The summed E-state index contributed by atoms with van der Waals surface area (Å²) in [5.41, 5.74) is 11.1. The summed E-state index contributed by atoms with van der Waals surface area (Å²) >= 11 is 0. The van der Waals surface area contributed by atoms with Gasteiger partial charge in [0.05, 0.1) is 12.9 Å². The van der Waals surface area contributed by atoms with Crippen LogP contribution in [-0.2, 0) is 41.6 Å². The molecule has 25 nitrogen and oxygen atoms in total. The number of phosphoric acid groups is 2. The van der Waals surface area contributed by atoms with Crippen LogP contribution < -0.4 is 11.5 Å². The molecule has 0 aromatic carbocycles. The van der Waals surface area contributed by atoms with E-state index in [-0.39, 0.29) is 29.0 Å². The topological polar surface area (TPSA) is 370 Å². The highest BCUT2D eigenvalue weighted by molar-refractivity contribution is 7.61. The monoisotopic (exact) mass is 726 g/mol. The van der Waals surface area contributed by atoms with Gasteiger partial charge in [-0.15, -0.1) is 10.1 Å². The van der Waals surface area contributed by atoms with E-state index in [1.807, 2.05) is 0 Å². The van der Waals surface area contributed by atoms with Crippen LogP contribution in [0.1, 0.15) is 12.6 Å². The first-order valence-electron chi connectivity index (χ1n) is 13.4. The number of nitrogen functional groups attached to an aromatic ring is 1. The van der Waals surface area contributed by atoms with Gasteiger partial charge in [-0.05, 0) is 6.42 Å². The summed E-state index contributed by atoms with van der Waals surface area (Å²) in [6.07, 6.45) is -5.94. The van der Waals surface area contributed by atoms with Crippen LogP contribution >= 0.6 is 15.6 Å². The number of anilines is 1. The van der Waals surface area contributed by atoms with Crippen LogP contribution in [0.25, 0.3) is 11.2 Å². The number of phosphoric ester groups is 2. The lowest BCUT2D eigenvalue weighted by atomic mass is 10.1. The number of ether oxygens (including phenoxy) is 2. The molecule has 27 heteroatoms. The molecule has 10 N–H and O–H groups in total. The van der Waals surface area contributed by atoms with Gasteiger partial charge in [-0.25, -0.2) is 24.1 Å². The Morgan fingerprint density at radius 2 is 1.81 bits per heavy atom. The lowest BCUT2D eigenvalue weighted by Crippen LogP contribution is -2.50. The predicted molar refractivity (Wildman–Crippen MR) is 149 cm³/mol. The zero-order valence-electron chi connectivity index (χ0n) is 24.0. The smallest absolute Gasteiger partial charge is 0.387 e. The van der Waals surface area contributed by atoms with Gasteiger partial charge < -0.3 is 56.1 Å². The molecule has 0 bridgehead atoms. The Morgan fingerprint density at radius 1 is 1.10 bits per heavy atom. The standard InChI is InChI=1S/C21H28N8O17P2/c22-16-11-18(25-7-24-16)28(8-26-11)20-14(32)15(33)21(44-20,45-29(35)36)6-42-48(39,40)46-47(37,38)41-5-10-12(30)13(31)19(43-10)27-3-1-2-9(4-27)17(23)34/h1,3-4,7-8,10,12-15,19-20,30-33H,2,5-6H2,(H2,23,34)(H,37,38)(H,39,40)(H2,22,24,25)/t10-,12-,13-,14-,15+,19-,20-,21-/m1/s1. The molecule has 2 aromatic heterocycles. The molecule has 48 heavy (non-hydrogen) atoms. The number of primary amides is 1. The normalized spacial score (nSPS) is 32.9. The third-order valence-corrected chi connectivity index (χ3v) is 9.76. The first kappa shape index (κ1) is 35.6. The number of rotatable bonds is 13. The highest BCUT2D eigenvalue weighted by Gasteiger charge is 2.60. The predicted octanol–water partition coefficient (Wildman–Crippen LogP) is -3.15. The van der Waals surface area contributed by atoms with Crippen LogP contribution in [0.15, 0.2) is 36.7 Å². The number of aliphatic hydroxyl groups excluding tert-OH is 4. The van der Waals surface area contributed by atoms with E-state index >= 15 is 0 Å². The maximum Gasteiger partial charge on any atom is 0.481 e. The summed E-state index contributed by atoms with van der Waals surface area (Å²) in [5.74, 6) is -3.87. The fraction of sp³-hybridized carbons (Fsp3) is 0.524. The van der Waals surface area contributed by atoms with Gasteiger partial charge >= 0.3 is 15.6 Å².